The van der Waals surface area contributed by atoms with E-state index in [9.17, 15) is 9.59 Å². The minimum Gasteiger partial charge on any atom is -0.465 e. The second kappa shape index (κ2) is 6.26. The molecule has 104 valence electrons. The van der Waals surface area contributed by atoms with Crippen LogP contribution in [0, 0.1) is 0 Å². The standard InChI is InChI=1S/C13H9Cl2NO3S/c1-19-13(18)11-10(4-5-20-11)16-12(17)7-2-3-8(14)9(15)6-7/h2-6H,1H3,(H,16,17). The molecule has 0 aliphatic rings. The van der Waals surface area contributed by atoms with E-state index in [0.717, 1.165) is 0 Å². The van der Waals surface area contributed by atoms with Gasteiger partial charge in [-0.2, -0.15) is 0 Å². The number of hydrogen-bond acceptors (Lipinski definition) is 4. The third-order valence-electron chi connectivity index (χ3n) is 2.47. The first kappa shape index (κ1) is 14.8. The molecule has 0 spiro atoms. The Morgan fingerprint density at radius 1 is 1.20 bits per heavy atom. The van der Waals surface area contributed by atoms with E-state index in [-0.39, 0.29) is 10.9 Å². The molecular weight excluding hydrogens is 321 g/mol. The summed E-state index contributed by atoms with van der Waals surface area (Å²) in [4.78, 5) is 23.9. The number of rotatable bonds is 3. The molecule has 7 heteroatoms. The van der Waals surface area contributed by atoms with E-state index in [1.165, 1.54) is 30.6 Å². The van der Waals surface area contributed by atoms with Crippen LogP contribution >= 0.6 is 34.5 Å². The van der Waals surface area contributed by atoms with Crippen LogP contribution in [0.3, 0.4) is 0 Å². The van der Waals surface area contributed by atoms with Gasteiger partial charge in [0.2, 0.25) is 0 Å². The van der Waals surface area contributed by atoms with E-state index in [1.807, 2.05) is 0 Å². The van der Waals surface area contributed by atoms with Crippen molar-refractivity contribution in [2.75, 3.05) is 12.4 Å². The second-order valence-electron chi connectivity index (χ2n) is 3.74. The lowest BCUT2D eigenvalue weighted by Crippen LogP contribution is -2.13. The second-order valence-corrected chi connectivity index (χ2v) is 5.47. The highest BCUT2D eigenvalue weighted by molar-refractivity contribution is 7.12. The molecule has 20 heavy (non-hydrogen) atoms. The number of hydrogen-bond donors (Lipinski definition) is 1. The molecule has 0 saturated carbocycles. The van der Waals surface area contributed by atoms with Crippen LogP contribution in [0.2, 0.25) is 10.0 Å². The molecule has 1 N–H and O–H groups in total. The Balaban J connectivity index is 2.22. The molecule has 0 unspecified atom stereocenters. The van der Waals surface area contributed by atoms with Crippen LogP contribution in [0.25, 0.3) is 0 Å². The average Bonchev–Trinajstić information content (AvgIpc) is 2.89. The van der Waals surface area contributed by atoms with Crippen molar-refractivity contribution in [1.82, 2.24) is 0 Å². The number of carbonyl (C=O) groups is 2. The zero-order valence-corrected chi connectivity index (χ0v) is 12.6. The molecule has 0 fully saturated rings. The van der Waals surface area contributed by atoms with Gasteiger partial charge in [0.25, 0.3) is 5.91 Å². The summed E-state index contributed by atoms with van der Waals surface area (Å²) in [6.45, 7) is 0. The van der Waals surface area contributed by atoms with Crippen LogP contribution in [0.1, 0.15) is 20.0 Å². The van der Waals surface area contributed by atoms with E-state index >= 15 is 0 Å². The van der Waals surface area contributed by atoms with Crippen LogP contribution in [-0.4, -0.2) is 19.0 Å². The first-order valence-electron chi connectivity index (χ1n) is 5.45. The number of esters is 1. The number of anilines is 1. The molecule has 0 aliphatic carbocycles. The van der Waals surface area contributed by atoms with Crippen molar-refractivity contribution in [3.63, 3.8) is 0 Å². The van der Waals surface area contributed by atoms with Crippen molar-refractivity contribution >= 4 is 52.1 Å². The minimum absolute atomic E-state index is 0.290. The summed E-state index contributed by atoms with van der Waals surface area (Å²) in [5, 5.41) is 4.99. The fourth-order valence-electron chi connectivity index (χ4n) is 1.49. The number of carbonyl (C=O) groups excluding carboxylic acids is 2. The summed E-state index contributed by atoms with van der Waals surface area (Å²) in [6.07, 6.45) is 0. The molecule has 0 aliphatic heterocycles. The van der Waals surface area contributed by atoms with Gasteiger partial charge in [-0.15, -0.1) is 11.3 Å². The van der Waals surface area contributed by atoms with Crippen LogP contribution in [0.15, 0.2) is 29.6 Å². The Kier molecular flexibility index (Phi) is 4.65. The topological polar surface area (TPSA) is 55.4 Å². The molecule has 0 saturated heterocycles. The molecule has 2 aromatic rings. The predicted molar refractivity (Wildman–Crippen MR) is 80.1 cm³/mol. The van der Waals surface area contributed by atoms with Crippen molar-refractivity contribution in [3.8, 4) is 0 Å². The molecule has 0 radical (unpaired) electrons. The van der Waals surface area contributed by atoms with Crippen LogP contribution < -0.4 is 5.32 Å². The third kappa shape index (κ3) is 3.12. The number of methoxy groups -OCH3 is 1. The molecule has 1 aromatic carbocycles. The van der Waals surface area contributed by atoms with Crippen molar-refractivity contribution in [2.45, 2.75) is 0 Å². The van der Waals surface area contributed by atoms with Crippen LogP contribution in [0.4, 0.5) is 5.69 Å². The first-order valence-corrected chi connectivity index (χ1v) is 7.08. The van der Waals surface area contributed by atoms with Gasteiger partial charge in [0.1, 0.15) is 4.88 Å². The van der Waals surface area contributed by atoms with Gasteiger partial charge in [0.15, 0.2) is 0 Å². The summed E-state index contributed by atoms with van der Waals surface area (Å²) in [6, 6.07) is 6.18. The summed E-state index contributed by atoms with van der Waals surface area (Å²) in [5.74, 6) is -0.878. The Morgan fingerprint density at radius 3 is 2.60 bits per heavy atom. The van der Waals surface area contributed by atoms with E-state index in [4.69, 9.17) is 23.2 Å². The molecule has 1 amide bonds. The number of amides is 1. The lowest BCUT2D eigenvalue weighted by atomic mass is 10.2. The quantitative estimate of drug-likeness (QED) is 0.862. The van der Waals surface area contributed by atoms with Gasteiger partial charge in [-0.25, -0.2) is 4.79 Å². The maximum atomic E-state index is 12.1. The number of ether oxygens (including phenoxy) is 1. The highest BCUT2D eigenvalue weighted by atomic mass is 35.5. The average molecular weight is 330 g/mol. The number of benzene rings is 1. The van der Waals surface area contributed by atoms with Crippen molar-refractivity contribution < 1.29 is 14.3 Å². The summed E-state index contributed by atoms with van der Waals surface area (Å²) in [7, 11) is 1.28. The van der Waals surface area contributed by atoms with Crippen molar-refractivity contribution in [1.29, 1.82) is 0 Å². The normalized spacial score (nSPS) is 10.2. The molecule has 1 aromatic heterocycles. The Bertz CT molecular complexity index is 669. The zero-order valence-electron chi connectivity index (χ0n) is 10.3. The van der Waals surface area contributed by atoms with Crippen molar-refractivity contribution in [2.24, 2.45) is 0 Å². The van der Waals surface area contributed by atoms with E-state index in [1.54, 1.807) is 17.5 Å². The fourth-order valence-corrected chi connectivity index (χ4v) is 2.55. The smallest absolute Gasteiger partial charge is 0.350 e. The number of thiophene rings is 1. The highest BCUT2D eigenvalue weighted by Crippen LogP contribution is 2.26. The van der Waals surface area contributed by atoms with Gasteiger partial charge in [0.05, 0.1) is 22.8 Å². The molecular formula is C13H9Cl2NO3S. The lowest BCUT2D eigenvalue weighted by molar-refractivity contribution is 0.0607. The lowest BCUT2D eigenvalue weighted by Gasteiger charge is -2.06. The molecule has 0 atom stereocenters. The molecule has 2 rings (SSSR count). The summed E-state index contributed by atoms with van der Waals surface area (Å²) < 4.78 is 4.64. The first-order chi connectivity index (χ1) is 9.52. The molecule has 4 nitrogen and oxygen atoms in total. The number of halogens is 2. The van der Waals surface area contributed by atoms with Gasteiger partial charge >= 0.3 is 5.97 Å². The monoisotopic (exact) mass is 329 g/mol. The molecule has 1 heterocycles. The predicted octanol–water partition coefficient (Wildman–Crippen LogP) is 4.09. The van der Waals surface area contributed by atoms with Gasteiger partial charge in [-0.3, -0.25) is 4.79 Å². The Hall–Kier alpha value is -1.56. The van der Waals surface area contributed by atoms with E-state index in [0.29, 0.717) is 21.2 Å². The SMILES string of the molecule is COC(=O)c1sccc1NC(=O)c1ccc(Cl)c(Cl)c1. The van der Waals surface area contributed by atoms with Gasteiger partial charge in [-0.05, 0) is 29.6 Å². The molecule has 0 bridgehead atoms. The fraction of sp³-hybridized carbons (Fsp3) is 0.0769. The van der Waals surface area contributed by atoms with Gasteiger partial charge < -0.3 is 10.1 Å². The number of nitrogens with one attached hydrogen (secondary N) is 1. The van der Waals surface area contributed by atoms with Gasteiger partial charge in [-0.1, -0.05) is 23.2 Å². The zero-order chi connectivity index (χ0) is 14.7. The van der Waals surface area contributed by atoms with Crippen LogP contribution in [0.5, 0.6) is 0 Å². The third-order valence-corrected chi connectivity index (χ3v) is 4.10. The maximum Gasteiger partial charge on any atom is 0.350 e. The van der Waals surface area contributed by atoms with E-state index < -0.39 is 5.97 Å². The Morgan fingerprint density at radius 2 is 1.95 bits per heavy atom. The van der Waals surface area contributed by atoms with Crippen LogP contribution in [-0.2, 0) is 4.74 Å². The van der Waals surface area contributed by atoms with E-state index in [2.05, 4.69) is 10.1 Å². The highest BCUT2D eigenvalue weighted by Gasteiger charge is 2.16. The Labute approximate surface area is 129 Å². The minimum atomic E-state index is -0.496. The summed E-state index contributed by atoms with van der Waals surface area (Å²) in [5.41, 5.74) is 0.749. The van der Waals surface area contributed by atoms with Gasteiger partial charge in [0, 0.05) is 5.56 Å². The van der Waals surface area contributed by atoms with Crippen molar-refractivity contribution in [3.05, 3.63) is 50.1 Å². The largest absolute Gasteiger partial charge is 0.465 e. The maximum absolute atomic E-state index is 12.1. The summed E-state index contributed by atoms with van der Waals surface area (Å²) >= 11 is 12.8.